The molecule has 1 aromatic carbocycles. The standard InChI is InChI=1S/C14H6Cl2F6N4O3S/c15-6-1-5(13(17,18)19)2-7(16)10(6)26-12(24-4-9(27)28)11(8(3-23)25-26)30(29)14(20,21)22/h1-2,24H,4H2,(H,27,28). The Kier molecular flexibility index (Phi) is 6.60. The van der Waals surface area contributed by atoms with Crippen molar-refractivity contribution in [3.63, 3.8) is 0 Å². The van der Waals surface area contributed by atoms with Crippen LogP contribution >= 0.6 is 23.2 Å². The highest BCUT2D eigenvalue weighted by Crippen LogP contribution is 2.41. The van der Waals surface area contributed by atoms with Crippen molar-refractivity contribution >= 4 is 45.8 Å². The molecular weight excluding hydrogens is 489 g/mol. The van der Waals surface area contributed by atoms with Crippen molar-refractivity contribution in [1.29, 1.82) is 5.26 Å². The third-order valence-corrected chi connectivity index (χ3v) is 5.06. The number of hydrogen-bond acceptors (Lipinski definition) is 5. The number of nitrogens with zero attached hydrogens (tertiary/aromatic N) is 3. The molecule has 2 N–H and O–H groups in total. The van der Waals surface area contributed by atoms with Gasteiger partial charge in [-0.15, -0.1) is 0 Å². The summed E-state index contributed by atoms with van der Waals surface area (Å²) in [7, 11) is -3.85. The van der Waals surface area contributed by atoms with Crippen molar-refractivity contribution < 1.29 is 40.5 Å². The van der Waals surface area contributed by atoms with Gasteiger partial charge in [-0.3, -0.25) is 4.79 Å². The third kappa shape index (κ3) is 4.79. The fourth-order valence-electron chi connectivity index (χ4n) is 2.18. The van der Waals surface area contributed by atoms with Crippen molar-refractivity contribution in [2.45, 2.75) is 16.6 Å². The maximum absolute atomic E-state index is 13.0. The minimum atomic E-state index is -5.37. The van der Waals surface area contributed by atoms with Crippen LogP contribution in [0.4, 0.5) is 32.2 Å². The molecule has 0 saturated heterocycles. The fourth-order valence-corrected chi connectivity index (χ4v) is 3.65. The number of rotatable bonds is 5. The van der Waals surface area contributed by atoms with E-state index in [4.69, 9.17) is 33.6 Å². The van der Waals surface area contributed by atoms with Crippen molar-refractivity contribution in [1.82, 2.24) is 9.78 Å². The molecule has 0 bridgehead atoms. The molecule has 0 aliphatic carbocycles. The van der Waals surface area contributed by atoms with Gasteiger partial charge in [-0.1, -0.05) is 23.2 Å². The number of nitrogens with one attached hydrogen (secondary N) is 1. The first-order chi connectivity index (χ1) is 13.7. The van der Waals surface area contributed by atoms with Crippen LogP contribution in [-0.4, -0.2) is 37.1 Å². The second-order valence-corrected chi connectivity index (χ2v) is 7.52. The van der Waals surface area contributed by atoms with Gasteiger partial charge in [0.25, 0.3) is 0 Å². The normalized spacial score (nSPS) is 13.0. The number of aliphatic carboxylic acids is 1. The Morgan fingerprint density at radius 2 is 1.77 bits per heavy atom. The number of aromatic nitrogens is 2. The van der Waals surface area contributed by atoms with E-state index in [1.54, 1.807) is 0 Å². The van der Waals surface area contributed by atoms with Crippen LogP contribution < -0.4 is 5.32 Å². The molecule has 1 atom stereocenters. The quantitative estimate of drug-likeness (QED) is 0.603. The summed E-state index contributed by atoms with van der Waals surface area (Å²) in [5.41, 5.74) is -8.29. The Hall–Kier alpha value is -2.50. The molecule has 1 unspecified atom stereocenters. The minimum Gasteiger partial charge on any atom is -0.480 e. The first-order valence-corrected chi connectivity index (χ1v) is 9.13. The van der Waals surface area contributed by atoms with E-state index in [0.29, 0.717) is 16.8 Å². The molecule has 7 nitrogen and oxygen atoms in total. The van der Waals surface area contributed by atoms with Crippen molar-refractivity contribution in [3.05, 3.63) is 33.4 Å². The summed E-state index contributed by atoms with van der Waals surface area (Å²) in [6, 6.07) is 2.06. The number of nitriles is 1. The lowest BCUT2D eigenvalue weighted by molar-refractivity contribution is -0.137. The fraction of sp³-hybridized carbons (Fsp3) is 0.214. The van der Waals surface area contributed by atoms with E-state index in [1.165, 1.54) is 6.07 Å². The molecule has 0 spiro atoms. The molecule has 0 aliphatic rings. The van der Waals surface area contributed by atoms with E-state index in [-0.39, 0.29) is 0 Å². The van der Waals surface area contributed by atoms with Crippen LogP contribution in [0.3, 0.4) is 0 Å². The SMILES string of the molecule is N#Cc1nn(-c2c(Cl)cc(C(F)(F)F)cc2Cl)c(NCC(=O)O)c1S(=O)C(F)(F)F. The van der Waals surface area contributed by atoms with Crippen LogP contribution in [0.5, 0.6) is 0 Å². The summed E-state index contributed by atoms with van der Waals surface area (Å²) in [6.45, 7) is -1.02. The zero-order valence-corrected chi connectivity index (χ0v) is 16.2. The zero-order valence-electron chi connectivity index (χ0n) is 13.9. The number of alkyl halides is 6. The Morgan fingerprint density at radius 3 is 2.17 bits per heavy atom. The number of benzene rings is 1. The predicted octanol–water partition coefficient (Wildman–Crippen LogP) is 4.19. The number of halogens is 8. The number of hydrogen-bond donors (Lipinski definition) is 2. The smallest absolute Gasteiger partial charge is 0.476 e. The van der Waals surface area contributed by atoms with Crippen molar-refractivity contribution in [2.75, 3.05) is 11.9 Å². The molecule has 0 aliphatic heterocycles. The Labute approximate surface area is 175 Å². The van der Waals surface area contributed by atoms with Gasteiger partial charge in [0.2, 0.25) is 0 Å². The maximum atomic E-state index is 13.0. The van der Waals surface area contributed by atoms with Gasteiger partial charge >= 0.3 is 17.7 Å². The highest BCUT2D eigenvalue weighted by molar-refractivity contribution is 7.86. The third-order valence-electron chi connectivity index (χ3n) is 3.31. The van der Waals surface area contributed by atoms with E-state index in [0.717, 1.165) is 0 Å². The topological polar surface area (TPSA) is 108 Å². The van der Waals surface area contributed by atoms with E-state index < -0.39 is 72.7 Å². The van der Waals surface area contributed by atoms with E-state index in [9.17, 15) is 35.3 Å². The average molecular weight is 495 g/mol. The van der Waals surface area contributed by atoms with Crippen molar-refractivity contribution in [2.24, 2.45) is 0 Å². The summed E-state index contributed by atoms with van der Waals surface area (Å²) in [6.07, 6.45) is -4.86. The molecule has 1 aromatic heterocycles. The maximum Gasteiger partial charge on any atom is 0.476 e. The molecule has 16 heteroatoms. The van der Waals surface area contributed by atoms with Gasteiger partial charge < -0.3 is 10.4 Å². The lowest BCUT2D eigenvalue weighted by atomic mass is 10.2. The van der Waals surface area contributed by atoms with Crippen LogP contribution in [0.15, 0.2) is 17.0 Å². The Bertz CT molecular complexity index is 1050. The Morgan fingerprint density at radius 1 is 1.23 bits per heavy atom. The second-order valence-electron chi connectivity index (χ2n) is 5.30. The van der Waals surface area contributed by atoms with Gasteiger partial charge in [0.05, 0.1) is 15.6 Å². The number of anilines is 1. The summed E-state index contributed by atoms with van der Waals surface area (Å²) < 4.78 is 90.1. The van der Waals surface area contributed by atoms with Crippen LogP contribution in [0, 0.1) is 11.3 Å². The molecule has 2 aromatic rings. The molecule has 0 fully saturated rings. The lowest BCUT2D eigenvalue weighted by Gasteiger charge is -2.15. The van der Waals surface area contributed by atoms with Gasteiger partial charge in [0.15, 0.2) is 16.5 Å². The molecule has 0 saturated carbocycles. The molecule has 0 radical (unpaired) electrons. The number of carboxylic acid groups (broad SMARTS) is 1. The van der Waals surface area contributed by atoms with E-state index in [1.807, 2.05) is 5.32 Å². The monoisotopic (exact) mass is 494 g/mol. The molecule has 162 valence electrons. The van der Waals surface area contributed by atoms with Gasteiger partial charge in [-0.05, 0) is 12.1 Å². The van der Waals surface area contributed by atoms with Gasteiger partial charge in [0, 0.05) is 0 Å². The Balaban J connectivity index is 2.84. The van der Waals surface area contributed by atoms with E-state index in [2.05, 4.69) is 5.10 Å². The van der Waals surface area contributed by atoms with Crippen LogP contribution in [0.2, 0.25) is 10.0 Å². The second kappa shape index (κ2) is 8.32. The predicted molar refractivity (Wildman–Crippen MR) is 91.9 cm³/mol. The molecule has 2 rings (SSSR count). The van der Waals surface area contributed by atoms with E-state index >= 15 is 0 Å². The van der Waals surface area contributed by atoms with Crippen molar-refractivity contribution in [3.8, 4) is 11.8 Å². The van der Waals surface area contributed by atoms with Crippen LogP contribution in [-0.2, 0) is 21.8 Å². The molecule has 30 heavy (non-hydrogen) atoms. The summed E-state index contributed by atoms with van der Waals surface area (Å²) in [5.74, 6) is -2.46. The first-order valence-electron chi connectivity index (χ1n) is 7.22. The zero-order chi connectivity index (χ0) is 23.0. The molecule has 0 amide bonds. The largest absolute Gasteiger partial charge is 0.480 e. The number of carboxylic acids is 1. The van der Waals surface area contributed by atoms with Crippen LogP contribution in [0.1, 0.15) is 11.3 Å². The van der Waals surface area contributed by atoms with Crippen LogP contribution in [0.25, 0.3) is 5.69 Å². The average Bonchev–Trinajstić information content (AvgIpc) is 2.95. The summed E-state index contributed by atoms with van der Waals surface area (Å²) in [5, 5.41) is 21.9. The highest BCUT2D eigenvalue weighted by Gasteiger charge is 2.43. The molecule has 1 heterocycles. The summed E-state index contributed by atoms with van der Waals surface area (Å²) >= 11 is 11.6. The number of carbonyl (C=O) groups is 1. The van der Waals surface area contributed by atoms with Gasteiger partial charge in [0.1, 0.15) is 29.0 Å². The lowest BCUT2D eigenvalue weighted by Crippen LogP contribution is -2.21. The highest BCUT2D eigenvalue weighted by atomic mass is 35.5. The minimum absolute atomic E-state index is 0.394. The summed E-state index contributed by atoms with van der Waals surface area (Å²) in [4.78, 5) is 9.59. The van der Waals surface area contributed by atoms with Gasteiger partial charge in [-0.2, -0.15) is 36.7 Å². The molecular formula is C14H6Cl2F6N4O3S. The van der Waals surface area contributed by atoms with Gasteiger partial charge in [-0.25, -0.2) is 8.89 Å². The first kappa shape index (κ1) is 23.8.